The molecule has 2 atom stereocenters. The van der Waals surface area contributed by atoms with Crippen LogP contribution in [-0.4, -0.2) is 17.0 Å². The van der Waals surface area contributed by atoms with Crippen molar-refractivity contribution in [1.82, 2.24) is 4.90 Å². The molecule has 2 rings (SSSR count). The molecule has 1 saturated heterocycles. The van der Waals surface area contributed by atoms with E-state index in [1.807, 2.05) is 12.1 Å². The van der Waals surface area contributed by atoms with Crippen LogP contribution in [0.1, 0.15) is 25.8 Å². The molecule has 0 spiro atoms. The molecule has 1 fully saturated rings. The Morgan fingerprint density at radius 3 is 2.29 bits per heavy atom. The van der Waals surface area contributed by atoms with Crippen LogP contribution in [0.5, 0.6) is 0 Å². The summed E-state index contributed by atoms with van der Waals surface area (Å²) in [5.41, 5.74) is 1.35. The number of hydrogen-bond donors (Lipinski definition) is 0. The van der Waals surface area contributed by atoms with Gasteiger partial charge in [0, 0.05) is 23.7 Å². The molecular formula is C12H16ClN. The highest BCUT2D eigenvalue weighted by molar-refractivity contribution is 6.30. The van der Waals surface area contributed by atoms with Gasteiger partial charge in [0.1, 0.15) is 0 Å². The number of hydrogen-bond acceptors (Lipinski definition) is 1. The molecule has 0 saturated carbocycles. The average Bonchev–Trinajstić information content (AvgIpc) is 2.17. The lowest BCUT2D eigenvalue weighted by Crippen LogP contribution is -2.51. The van der Waals surface area contributed by atoms with Crippen molar-refractivity contribution in [3.63, 3.8) is 0 Å². The molecular weight excluding hydrogens is 194 g/mol. The van der Waals surface area contributed by atoms with Crippen molar-refractivity contribution in [2.75, 3.05) is 0 Å². The van der Waals surface area contributed by atoms with Gasteiger partial charge in [-0.3, -0.25) is 4.90 Å². The highest BCUT2D eigenvalue weighted by Crippen LogP contribution is 2.27. The second-order valence-corrected chi connectivity index (χ2v) is 4.67. The number of nitrogens with zero attached hydrogens (tertiary/aromatic N) is 1. The first-order valence-electron chi connectivity index (χ1n) is 5.17. The third kappa shape index (κ3) is 1.94. The quantitative estimate of drug-likeness (QED) is 0.723. The van der Waals surface area contributed by atoms with Crippen molar-refractivity contribution < 1.29 is 0 Å². The van der Waals surface area contributed by atoms with Gasteiger partial charge in [0.15, 0.2) is 0 Å². The Morgan fingerprint density at radius 2 is 1.79 bits per heavy atom. The van der Waals surface area contributed by atoms with Crippen LogP contribution < -0.4 is 0 Å². The monoisotopic (exact) mass is 209 g/mol. The van der Waals surface area contributed by atoms with E-state index in [0.717, 1.165) is 23.7 Å². The molecule has 1 nitrogen and oxygen atoms in total. The summed E-state index contributed by atoms with van der Waals surface area (Å²) in [6.45, 7) is 5.63. The Hall–Kier alpha value is -0.530. The molecule has 0 amide bonds. The lowest BCUT2D eigenvalue weighted by atomic mass is 9.95. The number of likely N-dealkylation sites (tertiary alicyclic amines) is 1. The lowest BCUT2D eigenvalue weighted by Gasteiger charge is -2.45. The van der Waals surface area contributed by atoms with Crippen LogP contribution >= 0.6 is 11.6 Å². The topological polar surface area (TPSA) is 3.24 Å². The highest BCUT2D eigenvalue weighted by Gasteiger charge is 2.30. The second kappa shape index (κ2) is 3.92. The van der Waals surface area contributed by atoms with Gasteiger partial charge in [-0.25, -0.2) is 0 Å². The minimum atomic E-state index is 0.737. The maximum absolute atomic E-state index is 5.84. The Labute approximate surface area is 90.7 Å². The summed E-state index contributed by atoms with van der Waals surface area (Å²) < 4.78 is 0. The van der Waals surface area contributed by atoms with Gasteiger partial charge in [0.05, 0.1) is 0 Å². The molecule has 0 radical (unpaired) electrons. The van der Waals surface area contributed by atoms with E-state index < -0.39 is 0 Å². The van der Waals surface area contributed by atoms with Gasteiger partial charge in [-0.1, -0.05) is 23.7 Å². The Kier molecular flexibility index (Phi) is 2.80. The predicted molar refractivity (Wildman–Crippen MR) is 60.5 cm³/mol. The molecule has 2 heteroatoms. The average molecular weight is 210 g/mol. The molecule has 1 aliphatic rings. The third-order valence-corrected chi connectivity index (χ3v) is 3.34. The molecule has 0 bridgehead atoms. The van der Waals surface area contributed by atoms with E-state index >= 15 is 0 Å². The van der Waals surface area contributed by atoms with Gasteiger partial charge in [-0.15, -0.1) is 0 Å². The number of rotatable bonds is 2. The lowest BCUT2D eigenvalue weighted by molar-refractivity contribution is 0.0296. The Balaban J connectivity index is 2.00. The maximum atomic E-state index is 5.84. The van der Waals surface area contributed by atoms with Crippen molar-refractivity contribution in [3.05, 3.63) is 34.9 Å². The van der Waals surface area contributed by atoms with Crippen LogP contribution in [0.2, 0.25) is 5.02 Å². The van der Waals surface area contributed by atoms with E-state index in [-0.39, 0.29) is 0 Å². The fourth-order valence-electron chi connectivity index (χ4n) is 2.17. The van der Waals surface area contributed by atoms with E-state index in [1.54, 1.807) is 0 Å². The van der Waals surface area contributed by atoms with Crippen LogP contribution in [0.25, 0.3) is 0 Å². The van der Waals surface area contributed by atoms with Crippen LogP contribution in [0.15, 0.2) is 24.3 Å². The standard InChI is InChI=1S/C12H16ClN/c1-9-7-10(2)14(9)8-11-3-5-12(13)6-4-11/h3-6,9-10H,7-8H2,1-2H3. The normalized spacial score (nSPS) is 27.4. The van der Waals surface area contributed by atoms with Crippen molar-refractivity contribution in [3.8, 4) is 0 Å². The van der Waals surface area contributed by atoms with Crippen molar-refractivity contribution in [2.24, 2.45) is 0 Å². The molecule has 1 aromatic carbocycles. The zero-order chi connectivity index (χ0) is 10.1. The van der Waals surface area contributed by atoms with Gasteiger partial charge >= 0.3 is 0 Å². The molecule has 0 aromatic heterocycles. The number of halogens is 1. The molecule has 1 aliphatic heterocycles. The first-order valence-corrected chi connectivity index (χ1v) is 5.55. The van der Waals surface area contributed by atoms with Crippen LogP contribution in [-0.2, 0) is 6.54 Å². The third-order valence-electron chi connectivity index (χ3n) is 3.09. The molecule has 1 aromatic rings. The number of benzene rings is 1. The second-order valence-electron chi connectivity index (χ2n) is 4.23. The SMILES string of the molecule is CC1CC(C)N1Cc1ccc(Cl)cc1. The summed E-state index contributed by atoms with van der Waals surface area (Å²) in [6.07, 6.45) is 1.33. The van der Waals surface area contributed by atoms with Gasteiger partial charge in [-0.2, -0.15) is 0 Å². The van der Waals surface area contributed by atoms with Crippen LogP contribution in [0.4, 0.5) is 0 Å². The molecule has 76 valence electrons. The fourth-order valence-corrected chi connectivity index (χ4v) is 2.30. The minimum absolute atomic E-state index is 0.737. The van der Waals surface area contributed by atoms with E-state index in [4.69, 9.17) is 11.6 Å². The van der Waals surface area contributed by atoms with Gasteiger partial charge in [0.25, 0.3) is 0 Å². The van der Waals surface area contributed by atoms with Crippen LogP contribution in [0, 0.1) is 0 Å². The largest absolute Gasteiger partial charge is 0.294 e. The van der Waals surface area contributed by atoms with Crippen molar-refractivity contribution >= 4 is 11.6 Å². The summed E-state index contributed by atoms with van der Waals surface area (Å²) in [5, 5.41) is 0.818. The summed E-state index contributed by atoms with van der Waals surface area (Å²) in [5.74, 6) is 0. The molecule has 0 aliphatic carbocycles. The summed E-state index contributed by atoms with van der Waals surface area (Å²) in [7, 11) is 0. The Bertz CT molecular complexity index is 299. The van der Waals surface area contributed by atoms with E-state index in [0.29, 0.717) is 0 Å². The summed E-state index contributed by atoms with van der Waals surface area (Å²) >= 11 is 5.84. The molecule has 0 N–H and O–H groups in total. The van der Waals surface area contributed by atoms with Gasteiger partial charge in [0.2, 0.25) is 0 Å². The summed E-state index contributed by atoms with van der Waals surface area (Å²) in [4.78, 5) is 2.52. The molecule has 1 heterocycles. The van der Waals surface area contributed by atoms with Crippen molar-refractivity contribution in [2.45, 2.75) is 38.9 Å². The van der Waals surface area contributed by atoms with Gasteiger partial charge < -0.3 is 0 Å². The Morgan fingerprint density at radius 1 is 1.21 bits per heavy atom. The molecule has 2 unspecified atom stereocenters. The molecule has 14 heavy (non-hydrogen) atoms. The minimum Gasteiger partial charge on any atom is -0.294 e. The van der Waals surface area contributed by atoms with E-state index in [2.05, 4.69) is 30.9 Å². The maximum Gasteiger partial charge on any atom is 0.0406 e. The van der Waals surface area contributed by atoms with Crippen molar-refractivity contribution in [1.29, 1.82) is 0 Å². The fraction of sp³-hybridized carbons (Fsp3) is 0.500. The summed E-state index contributed by atoms with van der Waals surface area (Å²) in [6, 6.07) is 9.62. The first-order chi connectivity index (χ1) is 6.66. The van der Waals surface area contributed by atoms with Crippen LogP contribution in [0.3, 0.4) is 0 Å². The highest BCUT2D eigenvalue weighted by atomic mass is 35.5. The zero-order valence-electron chi connectivity index (χ0n) is 8.70. The first kappa shape index (κ1) is 10.0. The zero-order valence-corrected chi connectivity index (χ0v) is 9.46. The van der Waals surface area contributed by atoms with E-state index in [9.17, 15) is 0 Å². The van der Waals surface area contributed by atoms with E-state index in [1.165, 1.54) is 12.0 Å². The smallest absolute Gasteiger partial charge is 0.0406 e. The predicted octanol–water partition coefficient (Wildman–Crippen LogP) is 3.32. The van der Waals surface area contributed by atoms with Gasteiger partial charge in [-0.05, 0) is 38.0 Å².